The summed E-state index contributed by atoms with van der Waals surface area (Å²) in [7, 11) is 0. The van der Waals surface area contributed by atoms with E-state index < -0.39 is 47.7 Å². The van der Waals surface area contributed by atoms with Gasteiger partial charge in [0.2, 0.25) is 0 Å². The number of ether oxygens (including phenoxy) is 3. The lowest BCUT2D eigenvalue weighted by Gasteiger charge is -2.51. The molecule has 1 aliphatic heterocycles. The van der Waals surface area contributed by atoms with Crippen LogP contribution in [0.5, 0.6) is 11.5 Å². The second kappa shape index (κ2) is 10.4. The van der Waals surface area contributed by atoms with Crippen LogP contribution < -0.4 is 0 Å². The van der Waals surface area contributed by atoms with Gasteiger partial charge in [0.05, 0.1) is 18.6 Å². The van der Waals surface area contributed by atoms with E-state index in [-0.39, 0.29) is 24.7 Å². The van der Waals surface area contributed by atoms with Crippen molar-refractivity contribution < 1.29 is 44.2 Å². The lowest BCUT2D eigenvalue weighted by molar-refractivity contribution is -0.219. The van der Waals surface area contributed by atoms with Crippen LogP contribution in [0.3, 0.4) is 0 Å². The minimum Gasteiger partial charge on any atom is -0.508 e. The number of phenols is 2. The molecule has 2 aromatic carbocycles. The molecular weight excluding hydrogens is 444 g/mol. The molecule has 0 radical (unpaired) electrons. The van der Waals surface area contributed by atoms with Gasteiger partial charge in [0.1, 0.15) is 35.9 Å². The molecule has 184 valence electrons. The molecule has 4 atom stereocenters. The SMILES string of the molecule is CC(=O)OC1C(O)COCC(O)C(OC(C)=O)C1(C)C(c1ccc(O)cc1)c1ccc(O)cc1. The Morgan fingerprint density at radius 3 is 1.50 bits per heavy atom. The molecule has 1 fully saturated rings. The highest BCUT2D eigenvalue weighted by atomic mass is 16.6. The van der Waals surface area contributed by atoms with Gasteiger partial charge in [-0.3, -0.25) is 9.59 Å². The van der Waals surface area contributed by atoms with Crippen LogP contribution >= 0.6 is 0 Å². The maximum atomic E-state index is 12.1. The highest BCUT2D eigenvalue weighted by Gasteiger charge is 2.57. The Bertz CT molecular complexity index is 911. The van der Waals surface area contributed by atoms with Crippen LogP contribution in [0.25, 0.3) is 0 Å². The molecule has 9 heteroatoms. The van der Waals surface area contributed by atoms with Crippen molar-refractivity contribution in [2.75, 3.05) is 13.2 Å². The van der Waals surface area contributed by atoms with Crippen LogP contribution in [-0.2, 0) is 23.8 Å². The highest BCUT2D eigenvalue weighted by molar-refractivity contribution is 5.67. The molecule has 1 heterocycles. The summed E-state index contributed by atoms with van der Waals surface area (Å²) >= 11 is 0. The number of phenolic OH excluding ortho intramolecular Hbond substituents is 2. The number of rotatable bonds is 5. The van der Waals surface area contributed by atoms with Gasteiger partial charge >= 0.3 is 11.9 Å². The quantitative estimate of drug-likeness (QED) is 0.478. The van der Waals surface area contributed by atoms with Gasteiger partial charge in [0, 0.05) is 19.8 Å². The highest BCUT2D eigenvalue weighted by Crippen LogP contribution is 2.51. The largest absolute Gasteiger partial charge is 0.508 e. The van der Waals surface area contributed by atoms with Crippen LogP contribution in [0, 0.1) is 5.41 Å². The average Bonchev–Trinajstić information content (AvgIpc) is 2.77. The first kappa shape index (κ1) is 25.5. The van der Waals surface area contributed by atoms with E-state index in [2.05, 4.69) is 0 Å². The van der Waals surface area contributed by atoms with Crippen LogP contribution in [0.1, 0.15) is 37.8 Å². The maximum Gasteiger partial charge on any atom is 0.303 e. The second-order valence-electron chi connectivity index (χ2n) is 8.71. The van der Waals surface area contributed by atoms with Crippen molar-refractivity contribution in [3.05, 3.63) is 59.7 Å². The van der Waals surface area contributed by atoms with Gasteiger partial charge in [-0.1, -0.05) is 31.2 Å². The lowest BCUT2D eigenvalue weighted by atomic mass is 9.61. The van der Waals surface area contributed by atoms with Crippen LogP contribution in [0.4, 0.5) is 0 Å². The molecule has 0 aromatic heterocycles. The first-order valence-corrected chi connectivity index (χ1v) is 10.9. The van der Waals surface area contributed by atoms with Gasteiger partial charge < -0.3 is 34.6 Å². The fourth-order valence-corrected chi connectivity index (χ4v) is 4.82. The summed E-state index contributed by atoms with van der Waals surface area (Å²) < 4.78 is 16.6. The third-order valence-corrected chi connectivity index (χ3v) is 6.16. The van der Waals surface area contributed by atoms with Gasteiger partial charge in [-0.25, -0.2) is 0 Å². The minimum absolute atomic E-state index is 0.0255. The smallest absolute Gasteiger partial charge is 0.303 e. The van der Waals surface area contributed by atoms with E-state index in [0.717, 1.165) is 0 Å². The molecule has 0 amide bonds. The van der Waals surface area contributed by atoms with Crippen molar-refractivity contribution in [2.45, 2.75) is 51.1 Å². The topological polar surface area (TPSA) is 143 Å². The Labute approximate surface area is 197 Å². The zero-order valence-corrected chi connectivity index (χ0v) is 19.2. The van der Waals surface area contributed by atoms with Gasteiger partial charge in [-0.05, 0) is 35.4 Å². The molecule has 4 unspecified atom stereocenters. The van der Waals surface area contributed by atoms with Gasteiger partial charge in [-0.15, -0.1) is 0 Å². The van der Waals surface area contributed by atoms with E-state index in [1.54, 1.807) is 31.2 Å². The lowest BCUT2D eigenvalue weighted by Crippen LogP contribution is -2.61. The number of esters is 2. The molecule has 2 aromatic rings. The Morgan fingerprint density at radius 1 is 0.824 bits per heavy atom. The molecule has 3 rings (SSSR count). The maximum absolute atomic E-state index is 12.1. The summed E-state index contributed by atoms with van der Waals surface area (Å²) in [6.07, 6.45) is -5.15. The molecule has 1 aliphatic rings. The van der Waals surface area contributed by atoms with E-state index in [0.29, 0.717) is 11.1 Å². The molecule has 0 bridgehead atoms. The molecular formula is C25H30O9. The van der Waals surface area contributed by atoms with Crippen LogP contribution in [-0.4, -0.2) is 70.0 Å². The fraction of sp³-hybridized carbons (Fsp3) is 0.440. The number of benzene rings is 2. The van der Waals surface area contributed by atoms with Crippen LogP contribution in [0.2, 0.25) is 0 Å². The first-order chi connectivity index (χ1) is 16.0. The molecule has 0 aliphatic carbocycles. The summed E-state index contributed by atoms with van der Waals surface area (Å²) in [5.41, 5.74) is -0.171. The fourth-order valence-electron chi connectivity index (χ4n) is 4.82. The number of carbonyl (C=O) groups excluding carboxylic acids is 2. The van der Waals surface area contributed by atoms with Gasteiger partial charge in [-0.2, -0.15) is 0 Å². The number of aliphatic hydroxyl groups is 2. The predicted molar refractivity (Wildman–Crippen MR) is 120 cm³/mol. The minimum atomic E-state index is -1.42. The first-order valence-electron chi connectivity index (χ1n) is 10.9. The third kappa shape index (κ3) is 5.32. The molecule has 0 spiro atoms. The normalized spacial score (nSPS) is 27.5. The van der Waals surface area contributed by atoms with Gasteiger partial charge in [0.25, 0.3) is 0 Å². The van der Waals surface area contributed by atoms with E-state index >= 15 is 0 Å². The second-order valence-corrected chi connectivity index (χ2v) is 8.71. The summed E-state index contributed by atoms with van der Waals surface area (Å²) in [6.45, 7) is 3.60. The van der Waals surface area contributed by atoms with Crippen molar-refractivity contribution in [3.63, 3.8) is 0 Å². The Kier molecular flexibility index (Phi) is 7.81. The van der Waals surface area contributed by atoms with Crippen molar-refractivity contribution in [2.24, 2.45) is 5.41 Å². The summed E-state index contributed by atoms with van der Waals surface area (Å²) in [4.78, 5) is 24.3. The zero-order valence-electron chi connectivity index (χ0n) is 19.2. The molecule has 34 heavy (non-hydrogen) atoms. The van der Waals surface area contributed by atoms with Crippen molar-refractivity contribution >= 4 is 11.9 Å². The number of carbonyl (C=O) groups is 2. The Balaban J connectivity index is 2.33. The Morgan fingerprint density at radius 2 is 1.18 bits per heavy atom. The summed E-state index contributed by atoms with van der Waals surface area (Å²) in [5.74, 6) is -2.04. The van der Waals surface area contributed by atoms with Crippen LogP contribution in [0.15, 0.2) is 48.5 Å². The van der Waals surface area contributed by atoms with E-state index in [1.807, 2.05) is 0 Å². The van der Waals surface area contributed by atoms with E-state index in [1.165, 1.54) is 38.1 Å². The standard InChI is InChI=1S/C25H30O9/c1-14(26)33-23-20(30)12-32-13-21(31)24(34-15(2)27)25(23,3)22(16-4-8-18(28)9-5-16)17-6-10-19(29)11-7-17/h4-11,20-24,28-31H,12-13H2,1-3H3. The van der Waals surface area contributed by atoms with Crippen molar-refractivity contribution in [3.8, 4) is 11.5 Å². The molecule has 4 N–H and O–H groups in total. The monoisotopic (exact) mass is 474 g/mol. The number of hydrogen-bond acceptors (Lipinski definition) is 9. The predicted octanol–water partition coefficient (Wildman–Crippen LogP) is 1.85. The van der Waals surface area contributed by atoms with Gasteiger partial charge in [0.15, 0.2) is 0 Å². The molecule has 9 nitrogen and oxygen atoms in total. The Hall–Kier alpha value is -3.14. The third-order valence-electron chi connectivity index (χ3n) is 6.16. The average molecular weight is 475 g/mol. The summed E-state index contributed by atoms with van der Waals surface area (Å²) in [5, 5.41) is 41.8. The van der Waals surface area contributed by atoms with Crippen molar-refractivity contribution in [1.82, 2.24) is 0 Å². The summed E-state index contributed by atoms with van der Waals surface area (Å²) in [6, 6.07) is 12.5. The zero-order chi connectivity index (χ0) is 25.0. The number of hydrogen-bond donors (Lipinski definition) is 4. The van der Waals surface area contributed by atoms with E-state index in [4.69, 9.17) is 14.2 Å². The molecule has 1 saturated heterocycles. The van der Waals surface area contributed by atoms with E-state index in [9.17, 15) is 30.0 Å². The number of aromatic hydroxyl groups is 2. The number of aliphatic hydroxyl groups excluding tert-OH is 2. The molecule has 0 saturated carbocycles. The van der Waals surface area contributed by atoms with Crippen molar-refractivity contribution in [1.29, 1.82) is 0 Å².